The Morgan fingerprint density at radius 2 is 1.83 bits per heavy atom. The maximum absolute atomic E-state index is 12.5. The zero-order valence-corrected chi connectivity index (χ0v) is 15.7. The Morgan fingerprint density at radius 3 is 2.46 bits per heavy atom. The standard InChI is InChI=1S/C19H22BrNO3/c1-4-23-18-10-5-14(20)11-17(18)19(22)21-15-6-8-16(9-7-15)24-12-13(2)3/h5-11,13H,4,12H2,1-3H3,(H,21,22). The number of benzene rings is 2. The highest BCUT2D eigenvalue weighted by molar-refractivity contribution is 9.10. The Morgan fingerprint density at radius 1 is 1.12 bits per heavy atom. The molecule has 1 N–H and O–H groups in total. The summed E-state index contributed by atoms with van der Waals surface area (Å²) in [5, 5.41) is 2.88. The number of ether oxygens (including phenoxy) is 2. The van der Waals surface area contributed by atoms with Crippen LogP contribution in [0.3, 0.4) is 0 Å². The molecule has 2 aromatic carbocycles. The Bertz CT molecular complexity index is 684. The van der Waals surface area contributed by atoms with Crippen LogP contribution in [0.25, 0.3) is 0 Å². The highest BCUT2D eigenvalue weighted by atomic mass is 79.9. The number of carbonyl (C=O) groups excluding carboxylic acids is 1. The molecule has 2 rings (SSSR count). The molecule has 0 saturated carbocycles. The molecule has 1 amide bonds. The summed E-state index contributed by atoms with van der Waals surface area (Å²) in [7, 11) is 0. The molecule has 2 aromatic rings. The molecule has 0 bridgehead atoms. The van der Waals surface area contributed by atoms with Gasteiger partial charge in [0.1, 0.15) is 11.5 Å². The van der Waals surface area contributed by atoms with Crippen molar-refractivity contribution in [1.82, 2.24) is 0 Å². The average molecular weight is 392 g/mol. The third kappa shape index (κ3) is 5.27. The van der Waals surface area contributed by atoms with Crippen molar-refractivity contribution >= 4 is 27.5 Å². The van der Waals surface area contributed by atoms with E-state index in [1.807, 2.05) is 37.3 Å². The summed E-state index contributed by atoms with van der Waals surface area (Å²) in [4.78, 5) is 12.5. The lowest BCUT2D eigenvalue weighted by molar-refractivity contribution is 0.102. The number of amides is 1. The summed E-state index contributed by atoms with van der Waals surface area (Å²) in [5.74, 6) is 1.61. The minimum Gasteiger partial charge on any atom is -0.493 e. The van der Waals surface area contributed by atoms with Crippen LogP contribution in [0.1, 0.15) is 31.1 Å². The first-order valence-corrected chi connectivity index (χ1v) is 8.75. The SMILES string of the molecule is CCOc1ccc(Br)cc1C(=O)Nc1ccc(OCC(C)C)cc1. The van der Waals surface area contributed by atoms with Gasteiger partial charge in [0.05, 0.1) is 18.8 Å². The fourth-order valence-electron chi connectivity index (χ4n) is 2.06. The summed E-state index contributed by atoms with van der Waals surface area (Å²) in [6.07, 6.45) is 0. The van der Waals surface area contributed by atoms with Crippen LogP contribution in [0.15, 0.2) is 46.9 Å². The largest absolute Gasteiger partial charge is 0.493 e. The van der Waals surface area contributed by atoms with Crippen LogP contribution in [0.5, 0.6) is 11.5 Å². The third-order valence-electron chi connectivity index (χ3n) is 3.18. The molecule has 0 atom stereocenters. The van der Waals surface area contributed by atoms with Crippen molar-refractivity contribution < 1.29 is 14.3 Å². The summed E-state index contributed by atoms with van der Waals surface area (Å²) in [6, 6.07) is 12.7. The molecular formula is C19H22BrNO3. The fraction of sp³-hybridized carbons (Fsp3) is 0.316. The number of nitrogens with one attached hydrogen (secondary N) is 1. The lowest BCUT2D eigenvalue weighted by atomic mass is 10.2. The van der Waals surface area contributed by atoms with E-state index in [9.17, 15) is 4.79 Å². The Labute approximate surface area is 151 Å². The molecule has 0 aliphatic rings. The first-order valence-electron chi connectivity index (χ1n) is 7.96. The van der Waals surface area contributed by atoms with Crippen molar-refractivity contribution in [2.75, 3.05) is 18.5 Å². The molecule has 0 unspecified atom stereocenters. The number of carbonyl (C=O) groups is 1. The number of halogens is 1. The van der Waals surface area contributed by atoms with Crippen LogP contribution >= 0.6 is 15.9 Å². The smallest absolute Gasteiger partial charge is 0.259 e. The summed E-state index contributed by atoms with van der Waals surface area (Å²) < 4.78 is 12.0. The van der Waals surface area contributed by atoms with E-state index in [0.717, 1.165) is 10.2 Å². The topological polar surface area (TPSA) is 47.6 Å². The van der Waals surface area contributed by atoms with Crippen molar-refractivity contribution in [3.63, 3.8) is 0 Å². The van der Waals surface area contributed by atoms with E-state index in [4.69, 9.17) is 9.47 Å². The van der Waals surface area contributed by atoms with Crippen LogP contribution in [-0.2, 0) is 0 Å². The minimum absolute atomic E-state index is 0.212. The summed E-state index contributed by atoms with van der Waals surface area (Å²) in [5.41, 5.74) is 1.20. The van der Waals surface area contributed by atoms with Crippen molar-refractivity contribution in [2.24, 2.45) is 5.92 Å². The Balaban J connectivity index is 2.08. The molecule has 0 aromatic heterocycles. The molecule has 0 heterocycles. The normalized spacial score (nSPS) is 10.5. The molecular weight excluding hydrogens is 370 g/mol. The van der Waals surface area contributed by atoms with Gasteiger partial charge in [-0.1, -0.05) is 29.8 Å². The number of hydrogen-bond donors (Lipinski definition) is 1. The number of anilines is 1. The fourth-order valence-corrected chi connectivity index (χ4v) is 2.42. The van der Waals surface area contributed by atoms with E-state index >= 15 is 0 Å². The second kappa shape index (κ2) is 8.73. The van der Waals surface area contributed by atoms with Crippen molar-refractivity contribution in [2.45, 2.75) is 20.8 Å². The molecule has 0 spiro atoms. The van der Waals surface area contributed by atoms with E-state index < -0.39 is 0 Å². The van der Waals surface area contributed by atoms with Gasteiger partial charge in [-0.3, -0.25) is 4.79 Å². The van der Waals surface area contributed by atoms with Gasteiger partial charge >= 0.3 is 0 Å². The predicted octanol–water partition coefficient (Wildman–Crippen LogP) is 5.13. The molecule has 0 saturated heterocycles. The zero-order chi connectivity index (χ0) is 17.5. The van der Waals surface area contributed by atoms with Gasteiger partial charge < -0.3 is 14.8 Å². The van der Waals surface area contributed by atoms with E-state index in [0.29, 0.717) is 36.1 Å². The molecule has 0 aliphatic carbocycles. The lowest BCUT2D eigenvalue weighted by Crippen LogP contribution is -2.13. The van der Waals surface area contributed by atoms with Gasteiger partial charge in [0.15, 0.2) is 0 Å². The Kier molecular flexibility index (Phi) is 6.67. The second-order valence-electron chi connectivity index (χ2n) is 5.76. The van der Waals surface area contributed by atoms with Gasteiger partial charge in [0.2, 0.25) is 0 Å². The maximum Gasteiger partial charge on any atom is 0.259 e. The highest BCUT2D eigenvalue weighted by Crippen LogP contribution is 2.25. The average Bonchev–Trinajstić information content (AvgIpc) is 2.56. The van der Waals surface area contributed by atoms with Crippen molar-refractivity contribution in [3.8, 4) is 11.5 Å². The van der Waals surface area contributed by atoms with Gasteiger partial charge in [-0.2, -0.15) is 0 Å². The number of rotatable bonds is 7. The van der Waals surface area contributed by atoms with Gasteiger partial charge in [-0.25, -0.2) is 0 Å². The maximum atomic E-state index is 12.5. The van der Waals surface area contributed by atoms with E-state index in [2.05, 4.69) is 35.1 Å². The van der Waals surface area contributed by atoms with Crippen LogP contribution in [-0.4, -0.2) is 19.1 Å². The summed E-state index contributed by atoms with van der Waals surface area (Å²) in [6.45, 7) is 7.26. The monoisotopic (exact) mass is 391 g/mol. The molecule has 0 radical (unpaired) electrons. The van der Waals surface area contributed by atoms with Crippen molar-refractivity contribution in [3.05, 3.63) is 52.5 Å². The van der Waals surface area contributed by atoms with Gasteiger partial charge in [0.25, 0.3) is 5.91 Å². The van der Waals surface area contributed by atoms with Crippen molar-refractivity contribution in [1.29, 1.82) is 0 Å². The Hall–Kier alpha value is -2.01. The van der Waals surface area contributed by atoms with Gasteiger partial charge in [-0.15, -0.1) is 0 Å². The highest BCUT2D eigenvalue weighted by Gasteiger charge is 2.13. The van der Waals surface area contributed by atoms with Crippen LogP contribution in [0.2, 0.25) is 0 Å². The quantitative estimate of drug-likeness (QED) is 0.710. The van der Waals surface area contributed by atoms with E-state index in [1.54, 1.807) is 12.1 Å². The predicted molar refractivity (Wildman–Crippen MR) is 100 cm³/mol. The summed E-state index contributed by atoms with van der Waals surface area (Å²) >= 11 is 3.39. The van der Waals surface area contributed by atoms with Gasteiger partial charge in [-0.05, 0) is 55.3 Å². The van der Waals surface area contributed by atoms with Gasteiger partial charge in [0, 0.05) is 10.2 Å². The lowest BCUT2D eigenvalue weighted by Gasteiger charge is -2.12. The first-order chi connectivity index (χ1) is 11.5. The first kappa shape index (κ1) is 18.3. The zero-order valence-electron chi connectivity index (χ0n) is 14.1. The number of hydrogen-bond acceptors (Lipinski definition) is 3. The van der Waals surface area contributed by atoms with E-state index in [1.165, 1.54) is 0 Å². The van der Waals surface area contributed by atoms with Crippen LogP contribution in [0.4, 0.5) is 5.69 Å². The second-order valence-corrected chi connectivity index (χ2v) is 6.67. The molecule has 5 heteroatoms. The minimum atomic E-state index is -0.212. The molecule has 24 heavy (non-hydrogen) atoms. The molecule has 0 fully saturated rings. The van der Waals surface area contributed by atoms with E-state index in [-0.39, 0.29) is 5.91 Å². The third-order valence-corrected chi connectivity index (χ3v) is 3.67. The molecule has 128 valence electrons. The van der Waals surface area contributed by atoms with Crippen LogP contribution in [0, 0.1) is 5.92 Å². The van der Waals surface area contributed by atoms with Crippen LogP contribution < -0.4 is 14.8 Å². The molecule has 0 aliphatic heterocycles. The molecule has 4 nitrogen and oxygen atoms in total.